The van der Waals surface area contributed by atoms with Crippen molar-refractivity contribution in [3.63, 3.8) is 0 Å². The number of hydrogen-bond donors (Lipinski definition) is 3. The molecule has 7 nitrogen and oxygen atoms in total. The number of rotatable bonds is 9. The third-order valence-corrected chi connectivity index (χ3v) is 4.15. The molecule has 0 saturated carbocycles. The number of sulfonamides is 1. The molecular formula is C13H22N4O3S. The second-order valence-corrected chi connectivity index (χ2v) is 6.14. The Morgan fingerprint density at radius 2 is 2.05 bits per heavy atom. The highest BCUT2D eigenvalue weighted by atomic mass is 32.2. The average Bonchev–Trinajstić information content (AvgIpc) is 2.45. The molecule has 0 aliphatic rings. The first-order valence-electron chi connectivity index (χ1n) is 6.95. The number of carbonyl (C=O) groups excluding carboxylic acids is 1. The molecule has 1 amide bonds. The summed E-state index contributed by atoms with van der Waals surface area (Å²) in [4.78, 5) is 15.2. The van der Waals surface area contributed by atoms with Crippen LogP contribution in [0.1, 0.15) is 26.7 Å². The molecule has 1 aromatic rings. The van der Waals surface area contributed by atoms with Crippen LogP contribution < -0.4 is 15.4 Å². The summed E-state index contributed by atoms with van der Waals surface area (Å²) in [6.07, 6.45) is 3.82. The largest absolute Gasteiger partial charge is 0.384 e. The lowest BCUT2D eigenvalue weighted by atomic mass is 10.4. The van der Waals surface area contributed by atoms with Crippen molar-refractivity contribution in [1.29, 1.82) is 0 Å². The number of amides is 1. The standard InChI is InChI=1S/C13H22N4O3S/c1-3-7-16-11-5-8-14-10-12(11)21(19,20)17-9-6-13(18)15-4-2/h5,8,10,17H,3-4,6-7,9H2,1-2H3,(H,14,16)(H,15,18). The minimum Gasteiger partial charge on any atom is -0.384 e. The van der Waals surface area contributed by atoms with Gasteiger partial charge in [0, 0.05) is 38.4 Å². The number of nitrogens with zero attached hydrogens (tertiary/aromatic N) is 1. The van der Waals surface area contributed by atoms with Gasteiger partial charge in [-0.2, -0.15) is 0 Å². The summed E-state index contributed by atoms with van der Waals surface area (Å²) in [6.45, 7) is 5.05. The molecule has 0 saturated heterocycles. The van der Waals surface area contributed by atoms with Crippen molar-refractivity contribution >= 4 is 21.6 Å². The van der Waals surface area contributed by atoms with Gasteiger partial charge in [-0.1, -0.05) is 6.92 Å². The van der Waals surface area contributed by atoms with Crippen LogP contribution in [0.2, 0.25) is 0 Å². The van der Waals surface area contributed by atoms with Crippen molar-refractivity contribution in [2.45, 2.75) is 31.6 Å². The highest BCUT2D eigenvalue weighted by Crippen LogP contribution is 2.19. The van der Waals surface area contributed by atoms with Crippen molar-refractivity contribution in [3.05, 3.63) is 18.5 Å². The maximum atomic E-state index is 12.2. The smallest absolute Gasteiger partial charge is 0.244 e. The topological polar surface area (TPSA) is 100 Å². The summed E-state index contributed by atoms with van der Waals surface area (Å²) < 4.78 is 26.9. The summed E-state index contributed by atoms with van der Waals surface area (Å²) in [6, 6.07) is 1.62. The fraction of sp³-hybridized carbons (Fsp3) is 0.538. The molecule has 0 aromatic carbocycles. The number of pyridine rings is 1. The molecule has 0 atom stereocenters. The molecule has 1 aromatic heterocycles. The maximum absolute atomic E-state index is 12.2. The minimum absolute atomic E-state index is 0.0519. The van der Waals surface area contributed by atoms with E-state index in [0.29, 0.717) is 18.8 Å². The highest BCUT2D eigenvalue weighted by Gasteiger charge is 2.18. The molecule has 0 unspecified atom stereocenters. The lowest BCUT2D eigenvalue weighted by Gasteiger charge is -2.12. The Kier molecular flexibility index (Phi) is 7.10. The third-order valence-electron chi connectivity index (χ3n) is 2.66. The van der Waals surface area contributed by atoms with Crippen molar-refractivity contribution in [3.8, 4) is 0 Å². The van der Waals surface area contributed by atoms with Crippen LogP contribution in [0, 0.1) is 0 Å². The molecule has 1 heterocycles. The maximum Gasteiger partial charge on any atom is 0.244 e. The van der Waals surface area contributed by atoms with Gasteiger partial charge >= 0.3 is 0 Å². The Bertz CT molecular complexity index is 560. The first-order chi connectivity index (χ1) is 10.0. The van der Waals surface area contributed by atoms with Crippen LogP contribution in [-0.4, -0.2) is 38.9 Å². The van der Waals surface area contributed by atoms with Gasteiger partial charge in [0.25, 0.3) is 0 Å². The normalized spacial score (nSPS) is 11.1. The van der Waals surface area contributed by atoms with Crippen LogP contribution in [0.15, 0.2) is 23.4 Å². The Morgan fingerprint density at radius 3 is 2.71 bits per heavy atom. The number of aromatic nitrogens is 1. The number of carbonyl (C=O) groups is 1. The first kappa shape index (κ1) is 17.4. The van der Waals surface area contributed by atoms with E-state index in [-0.39, 0.29) is 23.8 Å². The quantitative estimate of drug-likeness (QED) is 0.623. The molecular weight excluding hydrogens is 292 g/mol. The van der Waals surface area contributed by atoms with E-state index in [9.17, 15) is 13.2 Å². The molecule has 1 rings (SSSR count). The van der Waals surface area contributed by atoms with E-state index in [1.165, 1.54) is 12.4 Å². The lowest BCUT2D eigenvalue weighted by molar-refractivity contribution is -0.120. The predicted molar refractivity (Wildman–Crippen MR) is 81.5 cm³/mol. The van der Waals surface area contributed by atoms with Crippen molar-refractivity contribution in [1.82, 2.24) is 15.0 Å². The van der Waals surface area contributed by atoms with Crippen LogP contribution in [0.4, 0.5) is 5.69 Å². The van der Waals surface area contributed by atoms with Crippen LogP contribution in [0.5, 0.6) is 0 Å². The molecule has 8 heteroatoms. The van der Waals surface area contributed by atoms with E-state index in [2.05, 4.69) is 20.3 Å². The fourth-order valence-corrected chi connectivity index (χ4v) is 2.82. The van der Waals surface area contributed by atoms with Crippen molar-refractivity contribution in [2.75, 3.05) is 25.0 Å². The molecule has 118 valence electrons. The van der Waals surface area contributed by atoms with Gasteiger partial charge in [-0.05, 0) is 19.4 Å². The molecule has 21 heavy (non-hydrogen) atoms. The van der Waals surface area contributed by atoms with Gasteiger partial charge in [0.05, 0.1) is 5.69 Å². The molecule has 0 fully saturated rings. The zero-order valence-corrected chi connectivity index (χ0v) is 13.2. The van der Waals surface area contributed by atoms with Crippen LogP contribution in [0.25, 0.3) is 0 Å². The molecule has 0 aliphatic heterocycles. The number of hydrogen-bond acceptors (Lipinski definition) is 5. The Labute approximate surface area is 125 Å². The van der Waals surface area contributed by atoms with E-state index < -0.39 is 10.0 Å². The van der Waals surface area contributed by atoms with Crippen LogP contribution >= 0.6 is 0 Å². The fourth-order valence-electron chi connectivity index (χ4n) is 1.66. The van der Waals surface area contributed by atoms with Gasteiger partial charge < -0.3 is 10.6 Å². The van der Waals surface area contributed by atoms with E-state index in [1.807, 2.05) is 13.8 Å². The first-order valence-corrected chi connectivity index (χ1v) is 8.43. The SMILES string of the molecule is CCCNc1ccncc1S(=O)(=O)NCCC(=O)NCC. The summed E-state index contributed by atoms with van der Waals surface area (Å²) in [5.41, 5.74) is 0.511. The van der Waals surface area contributed by atoms with Crippen molar-refractivity contribution < 1.29 is 13.2 Å². The van der Waals surface area contributed by atoms with Crippen LogP contribution in [0.3, 0.4) is 0 Å². The monoisotopic (exact) mass is 314 g/mol. The van der Waals surface area contributed by atoms with E-state index >= 15 is 0 Å². The summed E-state index contributed by atoms with van der Waals surface area (Å²) in [7, 11) is -3.69. The second kappa shape index (κ2) is 8.58. The van der Waals surface area contributed by atoms with E-state index in [1.54, 1.807) is 6.07 Å². The Hall–Kier alpha value is -1.67. The minimum atomic E-state index is -3.69. The lowest BCUT2D eigenvalue weighted by Crippen LogP contribution is -2.31. The van der Waals surface area contributed by atoms with Gasteiger partial charge in [0.2, 0.25) is 15.9 Å². The molecule has 0 spiro atoms. The molecule has 3 N–H and O–H groups in total. The summed E-state index contributed by atoms with van der Waals surface area (Å²) >= 11 is 0. The number of anilines is 1. The average molecular weight is 314 g/mol. The van der Waals surface area contributed by atoms with Gasteiger partial charge in [-0.25, -0.2) is 13.1 Å². The third kappa shape index (κ3) is 5.68. The predicted octanol–water partition coefficient (Wildman–Crippen LogP) is 0.708. The highest BCUT2D eigenvalue weighted by molar-refractivity contribution is 7.89. The summed E-state index contributed by atoms with van der Waals surface area (Å²) in [5, 5.41) is 5.66. The van der Waals surface area contributed by atoms with Gasteiger partial charge in [0.15, 0.2) is 0 Å². The van der Waals surface area contributed by atoms with Gasteiger partial charge in [0.1, 0.15) is 4.90 Å². The molecule has 0 aliphatic carbocycles. The molecule has 0 bridgehead atoms. The molecule has 0 radical (unpaired) electrons. The summed E-state index contributed by atoms with van der Waals surface area (Å²) in [5.74, 6) is -0.185. The van der Waals surface area contributed by atoms with Gasteiger partial charge in [-0.3, -0.25) is 9.78 Å². The zero-order chi connectivity index (χ0) is 15.7. The zero-order valence-electron chi connectivity index (χ0n) is 12.3. The van der Waals surface area contributed by atoms with E-state index in [0.717, 1.165) is 6.42 Å². The van der Waals surface area contributed by atoms with Crippen LogP contribution in [-0.2, 0) is 14.8 Å². The Morgan fingerprint density at radius 1 is 1.29 bits per heavy atom. The van der Waals surface area contributed by atoms with Crippen molar-refractivity contribution in [2.24, 2.45) is 0 Å². The second-order valence-electron chi connectivity index (χ2n) is 4.40. The number of nitrogens with one attached hydrogen (secondary N) is 3. The van der Waals surface area contributed by atoms with Gasteiger partial charge in [-0.15, -0.1) is 0 Å². The Balaban J connectivity index is 2.71. The van der Waals surface area contributed by atoms with E-state index in [4.69, 9.17) is 0 Å².